The molecule has 0 amide bonds. The summed E-state index contributed by atoms with van der Waals surface area (Å²) in [4.78, 5) is 2.90. The van der Waals surface area contributed by atoms with Crippen molar-refractivity contribution in [3.63, 3.8) is 0 Å². The monoisotopic (exact) mass is 480 g/mol. The minimum atomic E-state index is -3.52. The van der Waals surface area contributed by atoms with Gasteiger partial charge in [-0.05, 0) is 55.4 Å². The number of nitrogens with one attached hydrogen (secondary N) is 1. The van der Waals surface area contributed by atoms with E-state index in [9.17, 15) is 8.42 Å². The molecule has 0 bridgehead atoms. The first-order valence-corrected chi connectivity index (χ1v) is 12.8. The van der Waals surface area contributed by atoms with Gasteiger partial charge < -0.3 is 4.72 Å². The van der Waals surface area contributed by atoms with Gasteiger partial charge in [0, 0.05) is 44.6 Å². The number of rotatable bonds is 4. The zero-order valence-corrected chi connectivity index (χ0v) is 20.1. The van der Waals surface area contributed by atoms with E-state index < -0.39 is 10.0 Å². The molecule has 1 fully saturated rings. The normalized spacial score (nSPS) is 24.2. The van der Waals surface area contributed by atoms with Crippen molar-refractivity contribution in [2.45, 2.75) is 32.7 Å². The lowest BCUT2D eigenvalue weighted by Gasteiger charge is -2.37. The van der Waals surface area contributed by atoms with Gasteiger partial charge in [0.25, 0.3) is 0 Å². The zero-order chi connectivity index (χ0) is 20.7. The molecule has 4 heterocycles. The lowest BCUT2D eigenvalue weighted by Crippen LogP contribution is -2.45. The smallest absolute Gasteiger partial charge is 0.245 e. The van der Waals surface area contributed by atoms with Crippen LogP contribution in [0.2, 0.25) is 0 Å². The number of nitrogens with zero attached hydrogens (tertiary/aromatic N) is 3. The minimum absolute atomic E-state index is 0. The molecule has 1 aromatic rings. The summed E-state index contributed by atoms with van der Waals surface area (Å²) in [6, 6.07) is 8.67. The van der Waals surface area contributed by atoms with Gasteiger partial charge in [-0.25, -0.2) is 8.42 Å². The van der Waals surface area contributed by atoms with Crippen molar-refractivity contribution in [1.29, 1.82) is 0 Å². The fraction of sp³-hybridized carbons (Fsp3) is 0.455. The highest BCUT2D eigenvalue weighted by Gasteiger charge is 2.38. The van der Waals surface area contributed by atoms with Crippen LogP contribution < -0.4 is 4.72 Å². The fourth-order valence-corrected chi connectivity index (χ4v) is 7.34. The van der Waals surface area contributed by atoms with Gasteiger partial charge in [0.2, 0.25) is 10.0 Å². The number of sulfonamides is 1. The summed E-state index contributed by atoms with van der Waals surface area (Å²) in [6.45, 7) is 6.19. The number of piperidine rings is 1. The highest BCUT2D eigenvalue weighted by atomic mass is 35.5. The molecule has 1 N–H and O–H groups in total. The van der Waals surface area contributed by atoms with Crippen LogP contribution in [0, 0.1) is 5.92 Å². The van der Waals surface area contributed by atoms with Crippen LogP contribution in [0.15, 0.2) is 58.9 Å². The summed E-state index contributed by atoms with van der Waals surface area (Å²) in [7, 11) is -3.52. The molecule has 31 heavy (non-hydrogen) atoms. The minimum Gasteiger partial charge on any atom is -0.316 e. The molecular formula is C22H29ClN4O2S2. The summed E-state index contributed by atoms with van der Waals surface area (Å²) in [5, 5.41) is 0. The summed E-state index contributed by atoms with van der Waals surface area (Å²) in [6.07, 6.45) is 8.53. The Bertz CT molecular complexity index is 1040. The molecule has 1 unspecified atom stereocenters. The zero-order valence-electron chi connectivity index (χ0n) is 17.7. The number of halogens is 1. The van der Waals surface area contributed by atoms with E-state index in [1.807, 2.05) is 17.3 Å². The molecule has 0 spiro atoms. The van der Waals surface area contributed by atoms with Crippen molar-refractivity contribution < 1.29 is 8.42 Å². The van der Waals surface area contributed by atoms with Gasteiger partial charge in [-0.3, -0.25) is 9.21 Å². The van der Waals surface area contributed by atoms with Gasteiger partial charge in [-0.2, -0.15) is 4.31 Å². The number of hydrogen-bond donors (Lipinski definition) is 1. The topological polar surface area (TPSA) is 55.9 Å². The van der Waals surface area contributed by atoms with E-state index in [-0.39, 0.29) is 12.4 Å². The van der Waals surface area contributed by atoms with Crippen LogP contribution in [0.5, 0.6) is 0 Å². The Labute approximate surface area is 195 Å². The van der Waals surface area contributed by atoms with Crippen molar-refractivity contribution in [2.24, 2.45) is 5.92 Å². The first-order chi connectivity index (χ1) is 14.5. The average molecular weight is 481 g/mol. The first kappa shape index (κ1) is 22.7. The van der Waals surface area contributed by atoms with Crippen LogP contribution >= 0.6 is 24.5 Å². The van der Waals surface area contributed by atoms with E-state index in [4.69, 9.17) is 0 Å². The molecule has 0 radical (unpaired) electrons. The Kier molecular flexibility index (Phi) is 6.74. The maximum atomic E-state index is 13.5. The lowest BCUT2D eigenvalue weighted by molar-refractivity contribution is 0.168. The third-order valence-electron chi connectivity index (χ3n) is 6.43. The molecule has 0 aliphatic carbocycles. The SMILES string of the molecule is CC1=CC=C(S(=O)(=O)N2CCCC(CN3CCc4ccccc4C3)C2)C2=CNSN12.Cl. The molecule has 9 heteroatoms. The molecular weight excluding hydrogens is 452 g/mol. The Morgan fingerprint density at radius 2 is 1.97 bits per heavy atom. The van der Waals surface area contributed by atoms with Gasteiger partial charge in [0.05, 0.1) is 17.8 Å². The lowest BCUT2D eigenvalue weighted by atomic mass is 9.95. The predicted octanol–water partition coefficient (Wildman–Crippen LogP) is 3.62. The van der Waals surface area contributed by atoms with Crippen molar-refractivity contribution >= 4 is 34.6 Å². The van der Waals surface area contributed by atoms with Crippen LogP contribution in [-0.4, -0.2) is 48.1 Å². The highest BCUT2D eigenvalue weighted by Crippen LogP contribution is 2.38. The molecule has 1 aromatic carbocycles. The van der Waals surface area contributed by atoms with E-state index >= 15 is 0 Å². The van der Waals surface area contributed by atoms with E-state index in [1.54, 1.807) is 16.6 Å². The van der Waals surface area contributed by atoms with Gasteiger partial charge >= 0.3 is 0 Å². The van der Waals surface area contributed by atoms with E-state index in [0.717, 1.165) is 50.3 Å². The number of fused-ring (bicyclic) bond motifs is 2. The van der Waals surface area contributed by atoms with Crippen LogP contribution in [0.4, 0.5) is 0 Å². The van der Waals surface area contributed by atoms with E-state index in [1.165, 1.54) is 23.3 Å². The molecule has 1 atom stereocenters. The van der Waals surface area contributed by atoms with Crippen LogP contribution in [0.3, 0.4) is 0 Å². The van der Waals surface area contributed by atoms with Crippen molar-refractivity contribution in [3.8, 4) is 0 Å². The summed E-state index contributed by atoms with van der Waals surface area (Å²) in [5.74, 6) is 0.376. The van der Waals surface area contributed by atoms with E-state index in [0.29, 0.717) is 23.9 Å². The Morgan fingerprint density at radius 3 is 2.81 bits per heavy atom. The number of benzene rings is 1. The molecule has 0 saturated carbocycles. The van der Waals surface area contributed by atoms with Crippen molar-refractivity contribution in [2.75, 3.05) is 26.2 Å². The van der Waals surface area contributed by atoms with Crippen molar-refractivity contribution in [1.82, 2.24) is 18.2 Å². The Morgan fingerprint density at radius 1 is 1.16 bits per heavy atom. The second-order valence-corrected chi connectivity index (χ2v) is 11.2. The van der Waals surface area contributed by atoms with Gasteiger partial charge in [0.15, 0.2) is 0 Å². The Hall–Kier alpha value is -1.45. The maximum Gasteiger partial charge on any atom is 0.245 e. The second-order valence-electron chi connectivity index (χ2n) is 8.50. The van der Waals surface area contributed by atoms with Crippen LogP contribution in [0.1, 0.15) is 30.9 Å². The van der Waals surface area contributed by atoms with Crippen LogP contribution in [-0.2, 0) is 23.0 Å². The highest BCUT2D eigenvalue weighted by molar-refractivity contribution is 7.96. The standard InChI is InChI=1S/C22H28N4O2S2.ClH/c1-17-8-9-22(21-13-23-29-26(17)21)30(27,28)25-11-4-5-18(15-25)14-24-12-10-19-6-2-3-7-20(19)16-24;/h2-3,6-9,13,18,23H,4-5,10-12,14-16H2,1H3;1H. The predicted molar refractivity (Wildman–Crippen MR) is 128 cm³/mol. The molecule has 4 aliphatic rings. The third-order valence-corrected chi connectivity index (χ3v) is 9.24. The number of hydrogen-bond acceptors (Lipinski definition) is 6. The van der Waals surface area contributed by atoms with Gasteiger partial charge in [0.1, 0.15) is 4.91 Å². The second kappa shape index (κ2) is 9.19. The summed E-state index contributed by atoms with van der Waals surface area (Å²) in [5.41, 5.74) is 4.62. The summed E-state index contributed by atoms with van der Waals surface area (Å²) < 4.78 is 33.7. The fourth-order valence-electron chi connectivity index (χ4n) is 4.85. The maximum absolute atomic E-state index is 13.5. The molecule has 5 rings (SSSR count). The largest absolute Gasteiger partial charge is 0.316 e. The molecule has 4 aliphatic heterocycles. The quantitative estimate of drug-likeness (QED) is 0.664. The first-order valence-electron chi connectivity index (χ1n) is 10.6. The number of allylic oxidation sites excluding steroid dienone is 3. The van der Waals surface area contributed by atoms with Gasteiger partial charge in [-0.15, -0.1) is 12.4 Å². The van der Waals surface area contributed by atoms with Gasteiger partial charge in [-0.1, -0.05) is 24.3 Å². The molecule has 1 saturated heterocycles. The average Bonchev–Trinajstić information content (AvgIpc) is 3.25. The molecule has 168 valence electrons. The molecule has 0 aromatic heterocycles. The third kappa shape index (κ3) is 4.41. The van der Waals surface area contributed by atoms with E-state index in [2.05, 4.69) is 33.9 Å². The van der Waals surface area contributed by atoms with Crippen molar-refractivity contribution in [3.05, 3.63) is 70.0 Å². The molecule has 6 nitrogen and oxygen atoms in total. The Balaban J connectivity index is 0.00000231. The summed E-state index contributed by atoms with van der Waals surface area (Å²) >= 11 is 1.41. The van der Waals surface area contributed by atoms with Crippen LogP contribution in [0.25, 0.3) is 0 Å².